The van der Waals surface area contributed by atoms with E-state index in [4.69, 9.17) is 11.6 Å². The predicted octanol–water partition coefficient (Wildman–Crippen LogP) is 2.30. The third-order valence-electron chi connectivity index (χ3n) is 3.20. The lowest BCUT2D eigenvalue weighted by Crippen LogP contribution is -2.32. The summed E-state index contributed by atoms with van der Waals surface area (Å²) in [4.78, 5) is 20.8. The molecule has 0 fully saturated rings. The minimum Gasteiger partial charge on any atom is -0.354 e. The zero-order valence-electron chi connectivity index (χ0n) is 11.8. The molecule has 2 rings (SSSR count). The number of aryl methyl sites for hydroxylation is 1. The second-order valence-corrected chi connectivity index (χ2v) is 5.05. The van der Waals surface area contributed by atoms with Gasteiger partial charge in [-0.1, -0.05) is 6.92 Å². The number of alkyl halides is 1. The molecule has 2 aromatic heterocycles. The molecular formula is C14H19ClN4O. The zero-order valence-corrected chi connectivity index (χ0v) is 12.5. The summed E-state index contributed by atoms with van der Waals surface area (Å²) < 4.78 is 1.95. The lowest BCUT2D eigenvalue weighted by Gasteiger charge is -2.17. The highest BCUT2D eigenvalue weighted by Crippen LogP contribution is 2.21. The number of amides is 1. The molecule has 1 unspecified atom stereocenters. The molecule has 20 heavy (non-hydrogen) atoms. The van der Waals surface area contributed by atoms with Crippen LogP contribution in [0.2, 0.25) is 0 Å². The maximum Gasteiger partial charge on any atom is 0.242 e. The fraction of sp³-hybridized carbons (Fsp3) is 0.500. The van der Waals surface area contributed by atoms with Gasteiger partial charge in [0.15, 0.2) is 0 Å². The third kappa shape index (κ3) is 2.93. The van der Waals surface area contributed by atoms with Gasteiger partial charge in [-0.3, -0.25) is 9.78 Å². The number of nitrogens with zero attached hydrogens (tertiary/aromatic N) is 3. The van der Waals surface area contributed by atoms with Crippen LogP contribution in [0.4, 0.5) is 0 Å². The fourth-order valence-electron chi connectivity index (χ4n) is 2.21. The molecule has 1 amide bonds. The number of halogens is 1. The molecule has 2 aromatic rings. The smallest absolute Gasteiger partial charge is 0.242 e. The molecule has 0 aromatic carbocycles. The number of hydrogen-bond donors (Lipinski definition) is 1. The number of carbonyl (C=O) groups excluding carboxylic acids is 1. The quantitative estimate of drug-likeness (QED) is 0.832. The van der Waals surface area contributed by atoms with E-state index in [-0.39, 0.29) is 11.9 Å². The number of imidazole rings is 1. The van der Waals surface area contributed by atoms with E-state index in [1.165, 1.54) is 0 Å². The van der Waals surface area contributed by atoms with E-state index in [0.29, 0.717) is 18.8 Å². The Morgan fingerprint density at radius 3 is 3.05 bits per heavy atom. The van der Waals surface area contributed by atoms with E-state index in [0.717, 1.165) is 23.3 Å². The Kier molecular flexibility index (Phi) is 4.95. The Morgan fingerprint density at radius 1 is 1.55 bits per heavy atom. The molecule has 0 spiro atoms. The second kappa shape index (κ2) is 6.70. The number of aromatic nitrogens is 3. The highest BCUT2D eigenvalue weighted by atomic mass is 35.5. The summed E-state index contributed by atoms with van der Waals surface area (Å²) in [5.74, 6) is 1.29. The molecule has 1 N–H and O–H groups in total. The van der Waals surface area contributed by atoms with Crippen molar-refractivity contribution in [1.29, 1.82) is 0 Å². The van der Waals surface area contributed by atoms with E-state index in [1.54, 1.807) is 12.4 Å². The number of hydrogen-bond acceptors (Lipinski definition) is 3. The molecule has 5 nitrogen and oxygen atoms in total. The molecule has 0 saturated carbocycles. The number of pyridine rings is 1. The van der Waals surface area contributed by atoms with Crippen molar-refractivity contribution in [3.63, 3.8) is 0 Å². The topological polar surface area (TPSA) is 59.8 Å². The first-order valence-electron chi connectivity index (χ1n) is 6.83. The lowest BCUT2D eigenvalue weighted by molar-refractivity contribution is -0.123. The van der Waals surface area contributed by atoms with Crippen molar-refractivity contribution in [3.05, 3.63) is 24.3 Å². The molecule has 6 heteroatoms. The standard InChI is InChI=1S/C14H19ClN4O/c1-3-7-17-14(20)10(2)19-12-5-8-16-9-11(12)18-13(19)4-6-15/h5,8-10H,3-4,6-7H2,1-2H3,(H,17,20). The van der Waals surface area contributed by atoms with Crippen LogP contribution >= 0.6 is 11.6 Å². The Morgan fingerprint density at radius 2 is 2.35 bits per heavy atom. The summed E-state index contributed by atoms with van der Waals surface area (Å²) in [6.45, 7) is 4.59. The monoisotopic (exact) mass is 294 g/mol. The third-order valence-corrected chi connectivity index (χ3v) is 3.39. The van der Waals surface area contributed by atoms with Crippen molar-refractivity contribution in [2.24, 2.45) is 0 Å². The highest BCUT2D eigenvalue weighted by Gasteiger charge is 2.20. The Balaban J connectivity index is 2.39. The van der Waals surface area contributed by atoms with E-state index >= 15 is 0 Å². The first kappa shape index (κ1) is 14.8. The Hall–Kier alpha value is -1.62. The summed E-state index contributed by atoms with van der Waals surface area (Å²) >= 11 is 5.83. The highest BCUT2D eigenvalue weighted by molar-refractivity contribution is 6.17. The normalized spacial score (nSPS) is 12.6. The van der Waals surface area contributed by atoms with E-state index in [2.05, 4.69) is 15.3 Å². The lowest BCUT2D eigenvalue weighted by atomic mass is 10.2. The molecular weight excluding hydrogens is 276 g/mol. The second-order valence-electron chi connectivity index (χ2n) is 4.67. The van der Waals surface area contributed by atoms with Gasteiger partial charge >= 0.3 is 0 Å². The summed E-state index contributed by atoms with van der Waals surface area (Å²) in [6.07, 6.45) is 4.96. The molecule has 2 heterocycles. The fourth-order valence-corrected chi connectivity index (χ4v) is 2.38. The van der Waals surface area contributed by atoms with E-state index in [9.17, 15) is 4.79 Å². The van der Waals surface area contributed by atoms with Gasteiger partial charge in [-0.2, -0.15) is 0 Å². The first-order valence-corrected chi connectivity index (χ1v) is 7.37. The Labute approximate surface area is 123 Å². The molecule has 0 radical (unpaired) electrons. The van der Waals surface area contributed by atoms with Crippen molar-refractivity contribution in [2.75, 3.05) is 12.4 Å². The van der Waals surface area contributed by atoms with E-state index < -0.39 is 0 Å². The van der Waals surface area contributed by atoms with Gasteiger partial charge < -0.3 is 9.88 Å². The predicted molar refractivity (Wildman–Crippen MR) is 80.0 cm³/mol. The van der Waals surface area contributed by atoms with Gasteiger partial charge in [0, 0.05) is 25.0 Å². The molecule has 0 aliphatic carbocycles. The minimum absolute atomic E-state index is 0.00113. The van der Waals surface area contributed by atoms with Crippen LogP contribution in [0.25, 0.3) is 11.0 Å². The van der Waals surface area contributed by atoms with Crippen LogP contribution in [0.5, 0.6) is 0 Å². The summed E-state index contributed by atoms with van der Waals surface area (Å²) in [5, 5.41) is 2.92. The summed E-state index contributed by atoms with van der Waals surface area (Å²) in [7, 11) is 0. The van der Waals surface area contributed by atoms with Crippen LogP contribution in [-0.4, -0.2) is 32.9 Å². The maximum absolute atomic E-state index is 12.2. The largest absolute Gasteiger partial charge is 0.354 e. The SMILES string of the molecule is CCCNC(=O)C(C)n1c(CCCl)nc2cnccc21. The molecule has 0 aliphatic rings. The number of nitrogens with one attached hydrogen (secondary N) is 1. The van der Waals surface area contributed by atoms with Gasteiger partial charge in [0.05, 0.1) is 11.7 Å². The number of carbonyl (C=O) groups is 1. The summed E-state index contributed by atoms with van der Waals surface area (Å²) in [6, 6.07) is 1.57. The zero-order chi connectivity index (χ0) is 14.5. The Bertz CT molecular complexity index is 596. The van der Waals surface area contributed by atoms with Crippen molar-refractivity contribution >= 4 is 28.5 Å². The molecule has 0 bridgehead atoms. The van der Waals surface area contributed by atoms with Gasteiger partial charge in [0.25, 0.3) is 0 Å². The van der Waals surface area contributed by atoms with Gasteiger partial charge in [-0.05, 0) is 19.4 Å². The summed E-state index contributed by atoms with van der Waals surface area (Å²) in [5.41, 5.74) is 1.71. The van der Waals surface area contributed by atoms with Crippen LogP contribution in [0.15, 0.2) is 18.5 Å². The molecule has 0 aliphatic heterocycles. The van der Waals surface area contributed by atoms with Crippen LogP contribution in [-0.2, 0) is 11.2 Å². The van der Waals surface area contributed by atoms with Crippen LogP contribution in [0.1, 0.15) is 32.1 Å². The first-order chi connectivity index (χ1) is 9.69. The molecule has 0 saturated heterocycles. The van der Waals surface area contributed by atoms with Gasteiger partial charge in [-0.15, -0.1) is 11.6 Å². The number of rotatable bonds is 6. The van der Waals surface area contributed by atoms with Gasteiger partial charge in [-0.25, -0.2) is 4.98 Å². The van der Waals surface area contributed by atoms with Crippen molar-refractivity contribution in [1.82, 2.24) is 19.9 Å². The average Bonchev–Trinajstić information content (AvgIpc) is 2.82. The number of fused-ring (bicyclic) bond motifs is 1. The van der Waals surface area contributed by atoms with Crippen LogP contribution in [0, 0.1) is 0 Å². The average molecular weight is 295 g/mol. The minimum atomic E-state index is -0.313. The van der Waals surface area contributed by atoms with Gasteiger partial charge in [0.1, 0.15) is 17.4 Å². The molecule has 1 atom stereocenters. The van der Waals surface area contributed by atoms with E-state index in [1.807, 2.05) is 24.5 Å². The van der Waals surface area contributed by atoms with Gasteiger partial charge in [0.2, 0.25) is 5.91 Å². The van der Waals surface area contributed by atoms with Crippen LogP contribution < -0.4 is 5.32 Å². The van der Waals surface area contributed by atoms with Crippen molar-refractivity contribution in [3.8, 4) is 0 Å². The maximum atomic E-state index is 12.2. The van der Waals surface area contributed by atoms with Crippen molar-refractivity contribution in [2.45, 2.75) is 32.7 Å². The van der Waals surface area contributed by atoms with Crippen molar-refractivity contribution < 1.29 is 4.79 Å². The molecule has 108 valence electrons. The van der Waals surface area contributed by atoms with Crippen LogP contribution in [0.3, 0.4) is 0 Å².